The first-order chi connectivity index (χ1) is 12.9. The van der Waals surface area contributed by atoms with Crippen LogP contribution in [0.5, 0.6) is 0 Å². The van der Waals surface area contributed by atoms with E-state index >= 15 is 0 Å². The summed E-state index contributed by atoms with van der Waals surface area (Å²) in [5.74, 6) is 0. The molecule has 27 heavy (non-hydrogen) atoms. The predicted octanol–water partition coefficient (Wildman–Crippen LogP) is 4.06. The fraction of sp³-hybridized carbons (Fsp3) is 0.348. The van der Waals surface area contributed by atoms with Crippen molar-refractivity contribution < 1.29 is 4.43 Å². The summed E-state index contributed by atoms with van der Waals surface area (Å²) in [6.07, 6.45) is 0.938. The van der Waals surface area contributed by atoms with E-state index in [4.69, 9.17) is 4.43 Å². The molecule has 1 aromatic heterocycles. The third-order valence-electron chi connectivity index (χ3n) is 5.24. The van der Waals surface area contributed by atoms with E-state index in [0.29, 0.717) is 6.61 Å². The molecule has 4 heteroatoms. The molecule has 2 aromatic carbocycles. The average molecular weight is 379 g/mol. The Balaban J connectivity index is 2.10. The Morgan fingerprint density at radius 2 is 1.44 bits per heavy atom. The number of aryl methyl sites for hydroxylation is 2. The zero-order valence-corrected chi connectivity index (χ0v) is 18.1. The van der Waals surface area contributed by atoms with Gasteiger partial charge in [-0.15, -0.1) is 0 Å². The number of aromatic nitrogens is 2. The molecule has 0 aliphatic carbocycles. The van der Waals surface area contributed by atoms with E-state index < -0.39 is 8.32 Å². The monoisotopic (exact) mass is 378 g/mol. The van der Waals surface area contributed by atoms with Crippen LogP contribution in [0.3, 0.4) is 0 Å². The fourth-order valence-electron chi connectivity index (χ4n) is 3.82. The minimum atomic E-state index is -2.50. The lowest BCUT2D eigenvalue weighted by atomic mass is 10.2. The van der Waals surface area contributed by atoms with Crippen LogP contribution in [0.4, 0.5) is 0 Å². The predicted molar refractivity (Wildman–Crippen MR) is 115 cm³/mol. The summed E-state index contributed by atoms with van der Waals surface area (Å²) < 4.78 is 8.92. The Bertz CT molecular complexity index is 827. The van der Waals surface area contributed by atoms with Crippen LogP contribution in [-0.2, 0) is 24.5 Å². The van der Waals surface area contributed by atoms with Gasteiger partial charge >= 0.3 is 0 Å². The molecule has 0 saturated carbocycles. The second kappa shape index (κ2) is 7.83. The largest absolute Gasteiger partial charge is 0.402 e. The van der Waals surface area contributed by atoms with Crippen molar-refractivity contribution in [2.24, 2.45) is 7.05 Å². The van der Waals surface area contributed by atoms with Crippen LogP contribution in [-0.4, -0.2) is 18.1 Å². The highest BCUT2D eigenvalue weighted by molar-refractivity contribution is 6.99. The Hall–Kier alpha value is -2.17. The summed E-state index contributed by atoms with van der Waals surface area (Å²) in [5.41, 5.74) is 2.23. The Labute approximate surface area is 164 Å². The van der Waals surface area contributed by atoms with Gasteiger partial charge in [0.05, 0.1) is 18.0 Å². The number of hydrogen-bond acceptors (Lipinski definition) is 2. The molecular formula is C23H30N2OSi. The molecule has 0 bridgehead atoms. The second-order valence-corrected chi connectivity index (χ2v) is 12.4. The zero-order valence-electron chi connectivity index (χ0n) is 17.1. The van der Waals surface area contributed by atoms with Gasteiger partial charge in [0, 0.05) is 7.05 Å². The average Bonchev–Trinajstić information content (AvgIpc) is 3.03. The molecule has 0 radical (unpaired) electrons. The lowest BCUT2D eigenvalue weighted by Gasteiger charge is -2.43. The van der Waals surface area contributed by atoms with E-state index in [1.165, 1.54) is 10.4 Å². The zero-order chi connectivity index (χ0) is 19.5. The van der Waals surface area contributed by atoms with Crippen molar-refractivity contribution in [1.29, 1.82) is 0 Å². The SMILES string of the molecule is CCc1cc(CO[Si](c2ccccc2)(c2ccccc2)C(C)(C)C)n(C)n1. The van der Waals surface area contributed by atoms with Crippen LogP contribution in [0.2, 0.25) is 5.04 Å². The van der Waals surface area contributed by atoms with Crippen molar-refractivity contribution in [3.05, 3.63) is 78.1 Å². The van der Waals surface area contributed by atoms with Crippen LogP contribution >= 0.6 is 0 Å². The summed E-state index contributed by atoms with van der Waals surface area (Å²) in [5, 5.41) is 7.19. The molecule has 142 valence electrons. The molecule has 3 rings (SSSR count). The third-order valence-corrected chi connectivity index (χ3v) is 10.2. The van der Waals surface area contributed by atoms with Crippen LogP contribution in [0.25, 0.3) is 0 Å². The van der Waals surface area contributed by atoms with Gasteiger partial charge in [-0.25, -0.2) is 0 Å². The molecule has 0 aliphatic heterocycles. The van der Waals surface area contributed by atoms with E-state index in [0.717, 1.165) is 17.8 Å². The highest BCUT2D eigenvalue weighted by Crippen LogP contribution is 2.37. The van der Waals surface area contributed by atoms with Crippen molar-refractivity contribution in [2.75, 3.05) is 0 Å². The topological polar surface area (TPSA) is 27.1 Å². The van der Waals surface area contributed by atoms with Gasteiger partial charge in [0.2, 0.25) is 0 Å². The minimum Gasteiger partial charge on any atom is -0.402 e. The van der Waals surface area contributed by atoms with Crippen molar-refractivity contribution in [1.82, 2.24) is 9.78 Å². The summed E-state index contributed by atoms with van der Waals surface area (Å²) in [4.78, 5) is 0. The molecule has 0 saturated heterocycles. The molecule has 0 N–H and O–H groups in total. The number of hydrogen-bond donors (Lipinski definition) is 0. The fourth-order valence-corrected chi connectivity index (χ4v) is 8.34. The molecule has 0 atom stereocenters. The quantitative estimate of drug-likeness (QED) is 0.605. The first kappa shape index (κ1) is 19.6. The minimum absolute atomic E-state index is 0.0120. The van der Waals surface area contributed by atoms with E-state index in [2.05, 4.69) is 99.5 Å². The van der Waals surface area contributed by atoms with Gasteiger partial charge in [-0.1, -0.05) is 88.4 Å². The molecule has 0 aliphatic rings. The highest BCUT2D eigenvalue weighted by atomic mass is 28.4. The number of benzene rings is 2. The normalized spacial score (nSPS) is 12.3. The van der Waals surface area contributed by atoms with Gasteiger partial charge in [0.15, 0.2) is 0 Å². The molecule has 0 fully saturated rings. The lowest BCUT2D eigenvalue weighted by Crippen LogP contribution is -2.66. The molecule has 0 spiro atoms. The Kier molecular flexibility index (Phi) is 5.68. The van der Waals surface area contributed by atoms with Crippen LogP contribution < -0.4 is 10.4 Å². The Morgan fingerprint density at radius 1 is 0.926 bits per heavy atom. The van der Waals surface area contributed by atoms with Crippen molar-refractivity contribution in [3.63, 3.8) is 0 Å². The Morgan fingerprint density at radius 3 is 1.85 bits per heavy atom. The van der Waals surface area contributed by atoms with Gasteiger partial charge in [0.1, 0.15) is 0 Å². The number of nitrogens with zero attached hydrogens (tertiary/aromatic N) is 2. The maximum absolute atomic E-state index is 6.97. The molecule has 0 amide bonds. The van der Waals surface area contributed by atoms with Gasteiger partial charge in [-0.3, -0.25) is 4.68 Å². The summed E-state index contributed by atoms with van der Waals surface area (Å²) in [6, 6.07) is 23.7. The van der Waals surface area contributed by atoms with Gasteiger partial charge in [-0.05, 0) is 27.9 Å². The first-order valence-corrected chi connectivity index (χ1v) is 11.6. The lowest BCUT2D eigenvalue weighted by molar-refractivity contribution is 0.276. The van der Waals surface area contributed by atoms with Crippen LogP contribution in [0.1, 0.15) is 39.1 Å². The summed E-state index contributed by atoms with van der Waals surface area (Å²) >= 11 is 0. The number of rotatable bonds is 6. The smallest absolute Gasteiger partial charge is 0.261 e. The van der Waals surface area contributed by atoms with Gasteiger partial charge < -0.3 is 4.43 Å². The highest BCUT2D eigenvalue weighted by Gasteiger charge is 2.50. The van der Waals surface area contributed by atoms with E-state index in [1.807, 2.05) is 11.7 Å². The first-order valence-electron chi connectivity index (χ1n) is 9.65. The van der Waals surface area contributed by atoms with Crippen LogP contribution in [0.15, 0.2) is 66.7 Å². The van der Waals surface area contributed by atoms with Crippen molar-refractivity contribution in [2.45, 2.75) is 45.8 Å². The maximum atomic E-state index is 6.97. The van der Waals surface area contributed by atoms with Crippen molar-refractivity contribution >= 4 is 18.7 Å². The summed E-state index contributed by atoms with van der Waals surface area (Å²) in [7, 11) is -0.494. The van der Waals surface area contributed by atoms with Gasteiger partial charge in [-0.2, -0.15) is 5.10 Å². The molecule has 0 unspecified atom stereocenters. The van der Waals surface area contributed by atoms with Crippen molar-refractivity contribution in [3.8, 4) is 0 Å². The maximum Gasteiger partial charge on any atom is 0.261 e. The summed E-state index contributed by atoms with van der Waals surface area (Å²) in [6.45, 7) is 9.62. The third kappa shape index (κ3) is 3.78. The standard InChI is InChI=1S/C23H30N2OSi/c1-6-19-17-20(25(5)24-19)18-26-27(23(2,3)4,21-13-9-7-10-14-21)22-15-11-8-12-16-22/h7-17H,6,18H2,1-5H3. The van der Waals surface area contributed by atoms with Gasteiger partial charge in [0.25, 0.3) is 8.32 Å². The van der Waals surface area contributed by atoms with Crippen LogP contribution in [0, 0.1) is 0 Å². The molecule has 1 heterocycles. The van der Waals surface area contributed by atoms with E-state index in [9.17, 15) is 0 Å². The second-order valence-electron chi connectivity index (χ2n) is 8.06. The molecular weight excluding hydrogens is 348 g/mol. The van der Waals surface area contributed by atoms with E-state index in [-0.39, 0.29) is 5.04 Å². The molecule has 3 aromatic rings. The molecule has 3 nitrogen and oxygen atoms in total. The van der Waals surface area contributed by atoms with E-state index in [1.54, 1.807) is 0 Å².